The Kier molecular flexibility index (Phi) is 3.94. The molecule has 1 aromatic carbocycles. The van der Waals surface area contributed by atoms with Crippen LogP contribution in [0.4, 0.5) is 0 Å². The minimum Gasteiger partial charge on any atom is -0.497 e. The van der Waals surface area contributed by atoms with Crippen LogP contribution in [0, 0.1) is 0 Å². The molecule has 0 spiro atoms. The van der Waals surface area contributed by atoms with Gasteiger partial charge in [0.25, 0.3) is 0 Å². The van der Waals surface area contributed by atoms with Crippen molar-refractivity contribution in [3.63, 3.8) is 0 Å². The highest BCUT2D eigenvalue weighted by Crippen LogP contribution is 2.29. The SMILES string of the molecule is COc1ccc(Cl)c(-n2nnc(C(=O)O)c2C(C)C)c1. The van der Waals surface area contributed by atoms with Crippen LogP contribution in [0.25, 0.3) is 5.69 Å². The smallest absolute Gasteiger partial charge is 0.358 e. The number of carboxylic acid groups (broad SMARTS) is 1. The predicted molar refractivity (Wildman–Crippen MR) is 74.0 cm³/mol. The monoisotopic (exact) mass is 295 g/mol. The summed E-state index contributed by atoms with van der Waals surface area (Å²) in [5.41, 5.74) is 0.959. The molecule has 106 valence electrons. The van der Waals surface area contributed by atoms with Crippen LogP contribution >= 0.6 is 11.6 Å². The molecule has 2 aromatic rings. The zero-order valence-corrected chi connectivity index (χ0v) is 12.0. The van der Waals surface area contributed by atoms with E-state index < -0.39 is 5.97 Å². The molecule has 0 amide bonds. The Morgan fingerprint density at radius 2 is 2.15 bits per heavy atom. The summed E-state index contributed by atoms with van der Waals surface area (Å²) in [6.07, 6.45) is 0. The van der Waals surface area contributed by atoms with Crippen molar-refractivity contribution >= 4 is 17.6 Å². The molecule has 0 atom stereocenters. The Labute approximate surface area is 120 Å². The molecule has 1 heterocycles. The molecule has 0 saturated heterocycles. The maximum atomic E-state index is 11.2. The van der Waals surface area contributed by atoms with Crippen LogP contribution in [-0.2, 0) is 0 Å². The minimum atomic E-state index is -1.11. The third kappa shape index (κ3) is 2.46. The topological polar surface area (TPSA) is 77.2 Å². The summed E-state index contributed by atoms with van der Waals surface area (Å²) in [5.74, 6) is -0.580. The summed E-state index contributed by atoms with van der Waals surface area (Å²) >= 11 is 6.16. The second-order valence-corrected chi connectivity index (χ2v) is 4.92. The van der Waals surface area contributed by atoms with E-state index in [1.807, 2.05) is 13.8 Å². The lowest BCUT2D eigenvalue weighted by molar-refractivity contribution is 0.0688. The van der Waals surface area contributed by atoms with E-state index >= 15 is 0 Å². The van der Waals surface area contributed by atoms with Gasteiger partial charge < -0.3 is 9.84 Å². The average Bonchev–Trinajstić information content (AvgIpc) is 2.84. The van der Waals surface area contributed by atoms with Crippen LogP contribution in [0.5, 0.6) is 5.75 Å². The van der Waals surface area contributed by atoms with Gasteiger partial charge in [0.15, 0.2) is 5.69 Å². The van der Waals surface area contributed by atoms with E-state index in [4.69, 9.17) is 16.3 Å². The minimum absolute atomic E-state index is 0.0705. The summed E-state index contributed by atoms with van der Waals surface area (Å²) < 4.78 is 6.59. The van der Waals surface area contributed by atoms with Gasteiger partial charge in [-0.25, -0.2) is 9.48 Å². The predicted octanol–water partition coefficient (Wildman–Crippen LogP) is 2.75. The summed E-state index contributed by atoms with van der Waals surface area (Å²) in [6.45, 7) is 3.74. The first-order valence-corrected chi connectivity index (χ1v) is 6.36. The number of carboxylic acids is 1. The average molecular weight is 296 g/mol. The van der Waals surface area contributed by atoms with E-state index in [1.165, 1.54) is 4.68 Å². The largest absolute Gasteiger partial charge is 0.497 e. The number of hydrogen-bond donors (Lipinski definition) is 1. The number of benzene rings is 1. The fourth-order valence-corrected chi connectivity index (χ4v) is 2.12. The molecule has 0 unspecified atom stereocenters. The normalized spacial score (nSPS) is 10.8. The molecular formula is C13H14ClN3O3. The van der Waals surface area contributed by atoms with Crippen LogP contribution in [0.3, 0.4) is 0 Å². The molecular weight excluding hydrogens is 282 g/mol. The first kappa shape index (κ1) is 14.3. The van der Waals surface area contributed by atoms with Gasteiger partial charge in [-0.1, -0.05) is 30.7 Å². The number of ether oxygens (including phenoxy) is 1. The molecule has 0 bridgehead atoms. The number of aromatic carboxylic acids is 1. The Hall–Kier alpha value is -2.08. The highest BCUT2D eigenvalue weighted by molar-refractivity contribution is 6.32. The fraction of sp³-hybridized carbons (Fsp3) is 0.308. The van der Waals surface area contributed by atoms with E-state index in [9.17, 15) is 9.90 Å². The maximum absolute atomic E-state index is 11.2. The molecule has 2 rings (SSSR count). The van der Waals surface area contributed by atoms with Gasteiger partial charge in [0.2, 0.25) is 0 Å². The molecule has 20 heavy (non-hydrogen) atoms. The molecule has 0 aliphatic rings. The van der Waals surface area contributed by atoms with Crippen molar-refractivity contribution in [2.45, 2.75) is 19.8 Å². The molecule has 1 N–H and O–H groups in total. The van der Waals surface area contributed by atoms with E-state index in [0.29, 0.717) is 22.2 Å². The van der Waals surface area contributed by atoms with Crippen LogP contribution in [0.15, 0.2) is 18.2 Å². The van der Waals surface area contributed by atoms with Gasteiger partial charge in [0, 0.05) is 6.07 Å². The van der Waals surface area contributed by atoms with Crippen LogP contribution in [0.1, 0.15) is 35.9 Å². The third-order valence-electron chi connectivity index (χ3n) is 2.84. The van der Waals surface area contributed by atoms with Gasteiger partial charge in [-0.05, 0) is 18.1 Å². The number of nitrogens with zero attached hydrogens (tertiary/aromatic N) is 3. The first-order chi connectivity index (χ1) is 9.45. The number of methoxy groups -OCH3 is 1. The lowest BCUT2D eigenvalue weighted by atomic mass is 10.1. The first-order valence-electron chi connectivity index (χ1n) is 5.98. The quantitative estimate of drug-likeness (QED) is 0.938. The Balaban J connectivity index is 2.67. The van der Waals surface area contributed by atoms with Crippen molar-refractivity contribution in [3.05, 3.63) is 34.6 Å². The van der Waals surface area contributed by atoms with Crippen molar-refractivity contribution in [1.29, 1.82) is 0 Å². The van der Waals surface area contributed by atoms with Gasteiger partial charge in [0.1, 0.15) is 5.75 Å². The highest BCUT2D eigenvalue weighted by Gasteiger charge is 2.23. The highest BCUT2D eigenvalue weighted by atomic mass is 35.5. The Bertz CT molecular complexity index is 652. The number of hydrogen-bond acceptors (Lipinski definition) is 4. The van der Waals surface area contributed by atoms with Gasteiger partial charge in [-0.2, -0.15) is 0 Å². The molecule has 0 saturated carbocycles. The van der Waals surface area contributed by atoms with Crippen molar-refractivity contribution in [1.82, 2.24) is 15.0 Å². The van der Waals surface area contributed by atoms with Crippen LogP contribution in [0.2, 0.25) is 5.02 Å². The van der Waals surface area contributed by atoms with E-state index in [1.54, 1.807) is 25.3 Å². The molecule has 0 aliphatic carbocycles. The standard InChI is InChI=1S/C13H14ClN3O3/c1-7(2)12-11(13(18)19)15-16-17(12)10-6-8(20-3)4-5-9(10)14/h4-7H,1-3H3,(H,18,19). The zero-order valence-electron chi connectivity index (χ0n) is 11.3. The molecule has 6 nitrogen and oxygen atoms in total. The molecule has 0 aliphatic heterocycles. The van der Waals surface area contributed by atoms with E-state index in [-0.39, 0.29) is 11.6 Å². The fourth-order valence-electron chi connectivity index (χ4n) is 1.92. The maximum Gasteiger partial charge on any atom is 0.358 e. The van der Waals surface area contributed by atoms with Gasteiger partial charge in [0.05, 0.1) is 23.5 Å². The van der Waals surface area contributed by atoms with Crippen LogP contribution < -0.4 is 4.74 Å². The second kappa shape index (κ2) is 5.50. The van der Waals surface area contributed by atoms with Crippen molar-refractivity contribution < 1.29 is 14.6 Å². The van der Waals surface area contributed by atoms with E-state index in [0.717, 1.165) is 0 Å². The summed E-state index contributed by atoms with van der Waals surface area (Å²) in [4.78, 5) is 11.2. The molecule has 0 fully saturated rings. The summed E-state index contributed by atoms with van der Waals surface area (Å²) in [5, 5.41) is 17.2. The number of rotatable bonds is 4. The number of aromatic nitrogens is 3. The second-order valence-electron chi connectivity index (χ2n) is 4.51. The summed E-state index contributed by atoms with van der Waals surface area (Å²) in [7, 11) is 1.54. The van der Waals surface area contributed by atoms with Crippen molar-refractivity contribution in [2.75, 3.05) is 7.11 Å². The summed E-state index contributed by atoms with van der Waals surface area (Å²) in [6, 6.07) is 5.08. The van der Waals surface area contributed by atoms with Crippen molar-refractivity contribution in [3.8, 4) is 11.4 Å². The molecule has 7 heteroatoms. The van der Waals surface area contributed by atoms with Crippen LogP contribution in [-0.4, -0.2) is 33.2 Å². The lowest BCUT2D eigenvalue weighted by Gasteiger charge is -2.12. The van der Waals surface area contributed by atoms with Gasteiger partial charge in [-0.15, -0.1) is 5.10 Å². The lowest BCUT2D eigenvalue weighted by Crippen LogP contribution is -2.09. The Morgan fingerprint density at radius 3 is 2.70 bits per heavy atom. The number of carbonyl (C=O) groups is 1. The van der Waals surface area contributed by atoms with Gasteiger partial charge in [-0.3, -0.25) is 0 Å². The molecule has 1 aromatic heterocycles. The number of halogens is 1. The Morgan fingerprint density at radius 1 is 1.45 bits per heavy atom. The van der Waals surface area contributed by atoms with Gasteiger partial charge >= 0.3 is 5.97 Å². The van der Waals surface area contributed by atoms with Crippen molar-refractivity contribution in [2.24, 2.45) is 0 Å². The third-order valence-corrected chi connectivity index (χ3v) is 3.16. The molecule has 0 radical (unpaired) electrons. The van der Waals surface area contributed by atoms with E-state index in [2.05, 4.69) is 10.3 Å². The zero-order chi connectivity index (χ0) is 14.9.